The number of nitrogens with zero attached hydrogens (tertiary/aromatic N) is 2. The molecule has 7 rings (SSSR count). The summed E-state index contributed by atoms with van der Waals surface area (Å²) in [5.41, 5.74) is 15.6. The highest BCUT2D eigenvalue weighted by Gasteiger charge is 2.16. The second-order valence-corrected chi connectivity index (χ2v) is 13.3. The summed E-state index contributed by atoms with van der Waals surface area (Å²) in [7, 11) is 0. The Morgan fingerprint density at radius 1 is 0.500 bits per heavy atom. The van der Waals surface area contributed by atoms with Crippen molar-refractivity contribution in [3.8, 4) is 47.7 Å². The third-order valence-corrected chi connectivity index (χ3v) is 9.76. The van der Waals surface area contributed by atoms with Gasteiger partial charge in [0.15, 0.2) is 0 Å². The molecule has 5 heterocycles. The molecule has 5 aromatic rings. The van der Waals surface area contributed by atoms with Crippen molar-refractivity contribution in [1.82, 2.24) is 19.9 Å². The molecular formula is C48H42N4. The molecule has 2 aliphatic rings. The summed E-state index contributed by atoms with van der Waals surface area (Å²) in [6, 6.07) is 24.8. The van der Waals surface area contributed by atoms with E-state index in [2.05, 4.69) is 108 Å². The van der Waals surface area contributed by atoms with Gasteiger partial charge in [-0.05, 0) is 116 Å². The predicted octanol–water partition coefficient (Wildman–Crippen LogP) is 11.2. The maximum atomic E-state index is 5.74. The number of hydrogen-bond donors (Lipinski definition) is 2. The van der Waals surface area contributed by atoms with Gasteiger partial charge in [-0.3, -0.25) is 0 Å². The van der Waals surface area contributed by atoms with Crippen LogP contribution in [0.3, 0.4) is 0 Å². The van der Waals surface area contributed by atoms with E-state index in [0.29, 0.717) is 0 Å². The van der Waals surface area contributed by atoms with E-state index in [0.717, 1.165) is 130 Å². The summed E-state index contributed by atoms with van der Waals surface area (Å²) in [6.45, 7) is 4.47. The van der Waals surface area contributed by atoms with E-state index in [4.69, 9.17) is 22.8 Å². The summed E-state index contributed by atoms with van der Waals surface area (Å²) >= 11 is 0. The van der Waals surface area contributed by atoms with E-state index in [1.807, 2.05) is 36.4 Å². The molecule has 2 N–H and O–H groups in total. The van der Waals surface area contributed by atoms with Crippen molar-refractivity contribution >= 4 is 46.4 Å². The van der Waals surface area contributed by atoms with Crippen LogP contribution >= 0.6 is 0 Å². The van der Waals surface area contributed by atoms with E-state index >= 15 is 0 Å². The fourth-order valence-corrected chi connectivity index (χ4v) is 6.91. The Labute approximate surface area is 307 Å². The number of benzene rings is 2. The number of unbranched alkanes of at least 4 members (excludes halogenated alkanes) is 4. The molecule has 0 atom stereocenters. The molecule has 0 saturated carbocycles. The van der Waals surface area contributed by atoms with Gasteiger partial charge in [0, 0.05) is 55.4 Å². The quantitative estimate of drug-likeness (QED) is 0.118. The second-order valence-electron chi connectivity index (χ2n) is 13.3. The third-order valence-electron chi connectivity index (χ3n) is 9.76. The number of H-pyrrole nitrogens is 2. The van der Waals surface area contributed by atoms with Crippen LogP contribution in [0.5, 0.6) is 0 Å². The number of aromatic amines is 2. The fraction of sp³-hybridized carbons (Fsp3) is 0.208. The highest BCUT2D eigenvalue weighted by molar-refractivity contribution is 5.94. The van der Waals surface area contributed by atoms with Crippen LogP contribution in [0.15, 0.2) is 72.8 Å². The standard InChI is InChI=1S/C48H42N4/c1-5-9-11-13-37-40-25-27-44(49-40)39(24-21-35-17-15-33(7-3)16-18-35)45-28-26-41(50-45)38(14-12-10-6-2)43-30-32-47(52-43)48(46-31-29-42(37)51-46)36-22-19-34(8-4)20-23-36/h3-4,15-20,22-23,25-32,51-52H,5-6,9-14H2,1-2H3. The van der Waals surface area contributed by atoms with Gasteiger partial charge in [-0.15, -0.1) is 12.8 Å². The first-order valence-corrected chi connectivity index (χ1v) is 18.4. The van der Waals surface area contributed by atoms with Crippen LogP contribution in [0, 0.1) is 36.5 Å². The minimum absolute atomic E-state index is 0.803. The van der Waals surface area contributed by atoms with Crippen molar-refractivity contribution in [2.45, 2.75) is 65.2 Å². The summed E-state index contributed by atoms with van der Waals surface area (Å²) < 4.78 is 0. The SMILES string of the molecule is C#Cc1ccc(C#Cc2c3nc(c(CCCCC)c4ccc([nH]4)c(-c4ccc(C#C)cc4)c4ccc([nH]4)c(CCCCC)c4nc2C=C4)C=C3)cc1. The Kier molecular flexibility index (Phi) is 10.3. The topological polar surface area (TPSA) is 57.4 Å². The summed E-state index contributed by atoms with van der Waals surface area (Å²) in [6.07, 6.45) is 28.3. The zero-order valence-electron chi connectivity index (χ0n) is 29.9. The maximum Gasteiger partial charge on any atom is 0.0816 e. The lowest BCUT2D eigenvalue weighted by Gasteiger charge is -2.06. The largest absolute Gasteiger partial charge is 0.355 e. The number of nitrogens with one attached hydrogen (secondary N) is 2. The molecule has 8 bridgehead atoms. The highest BCUT2D eigenvalue weighted by atomic mass is 14.8. The summed E-state index contributed by atoms with van der Waals surface area (Å²) in [5, 5.41) is 0. The number of aryl methyl sites for hydroxylation is 2. The molecule has 4 heteroatoms. The molecule has 0 amide bonds. The highest BCUT2D eigenvalue weighted by Crippen LogP contribution is 2.32. The van der Waals surface area contributed by atoms with Gasteiger partial charge in [0.25, 0.3) is 0 Å². The number of aromatic nitrogens is 4. The lowest BCUT2D eigenvalue weighted by molar-refractivity contribution is 0.717. The Morgan fingerprint density at radius 2 is 0.942 bits per heavy atom. The first-order chi connectivity index (χ1) is 25.6. The van der Waals surface area contributed by atoms with E-state index in [1.54, 1.807) is 0 Å². The molecule has 0 aliphatic carbocycles. The minimum atomic E-state index is 0.803. The van der Waals surface area contributed by atoms with Gasteiger partial charge in [0.05, 0.1) is 28.3 Å². The fourth-order valence-electron chi connectivity index (χ4n) is 6.91. The molecule has 0 fully saturated rings. The summed E-state index contributed by atoms with van der Waals surface area (Å²) in [4.78, 5) is 18.2. The molecule has 0 saturated heterocycles. The number of fused-ring (bicyclic) bond motifs is 8. The van der Waals surface area contributed by atoms with Gasteiger partial charge in [-0.2, -0.15) is 0 Å². The van der Waals surface area contributed by atoms with Crippen LogP contribution in [0.2, 0.25) is 0 Å². The first-order valence-electron chi connectivity index (χ1n) is 18.4. The second kappa shape index (κ2) is 15.7. The van der Waals surface area contributed by atoms with Crippen LogP contribution < -0.4 is 0 Å². The molecule has 4 nitrogen and oxygen atoms in total. The zero-order chi connectivity index (χ0) is 35.9. The Morgan fingerprint density at radius 3 is 1.42 bits per heavy atom. The van der Waals surface area contributed by atoms with E-state index in [1.165, 1.54) is 11.1 Å². The molecule has 0 unspecified atom stereocenters. The Bertz CT molecular complexity index is 2380. The van der Waals surface area contributed by atoms with Gasteiger partial charge >= 0.3 is 0 Å². The van der Waals surface area contributed by atoms with Crippen LogP contribution in [0.1, 0.15) is 109 Å². The molecule has 254 valence electrons. The van der Waals surface area contributed by atoms with Crippen LogP contribution in [-0.2, 0) is 12.8 Å². The number of hydrogen-bond acceptors (Lipinski definition) is 2. The minimum Gasteiger partial charge on any atom is -0.355 e. The Hall–Kier alpha value is -6.28. The smallest absolute Gasteiger partial charge is 0.0816 e. The average molecular weight is 675 g/mol. The van der Waals surface area contributed by atoms with Gasteiger partial charge < -0.3 is 9.97 Å². The van der Waals surface area contributed by atoms with Crippen LogP contribution in [-0.4, -0.2) is 19.9 Å². The average Bonchev–Trinajstić information content (AvgIpc) is 4.02. The van der Waals surface area contributed by atoms with Gasteiger partial charge in [-0.25, -0.2) is 9.97 Å². The predicted molar refractivity (Wildman–Crippen MR) is 219 cm³/mol. The van der Waals surface area contributed by atoms with E-state index < -0.39 is 0 Å². The summed E-state index contributed by atoms with van der Waals surface area (Å²) in [5.74, 6) is 12.3. The van der Waals surface area contributed by atoms with Crippen molar-refractivity contribution in [3.05, 3.63) is 129 Å². The van der Waals surface area contributed by atoms with Crippen molar-refractivity contribution < 1.29 is 0 Å². The van der Waals surface area contributed by atoms with Crippen molar-refractivity contribution in [1.29, 1.82) is 0 Å². The molecule has 0 spiro atoms. The van der Waals surface area contributed by atoms with Gasteiger partial charge in [0.1, 0.15) is 0 Å². The lowest BCUT2D eigenvalue weighted by atomic mass is 10.0. The number of terminal acetylenes is 2. The molecular weight excluding hydrogens is 633 g/mol. The van der Waals surface area contributed by atoms with E-state index in [-0.39, 0.29) is 0 Å². The first kappa shape index (κ1) is 34.2. The van der Waals surface area contributed by atoms with Crippen molar-refractivity contribution in [2.75, 3.05) is 0 Å². The lowest BCUT2D eigenvalue weighted by Crippen LogP contribution is -1.94. The molecule has 3 aromatic heterocycles. The zero-order valence-corrected chi connectivity index (χ0v) is 29.9. The number of rotatable bonds is 9. The molecule has 52 heavy (non-hydrogen) atoms. The monoisotopic (exact) mass is 674 g/mol. The van der Waals surface area contributed by atoms with E-state index in [9.17, 15) is 0 Å². The van der Waals surface area contributed by atoms with Crippen LogP contribution in [0.4, 0.5) is 0 Å². The third kappa shape index (κ3) is 7.28. The molecule has 2 aliphatic heterocycles. The Balaban J connectivity index is 1.55. The van der Waals surface area contributed by atoms with Crippen molar-refractivity contribution in [2.24, 2.45) is 0 Å². The van der Waals surface area contributed by atoms with Crippen LogP contribution in [0.25, 0.3) is 57.5 Å². The molecule has 2 aromatic carbocycles. The van der Waals surface area contributed by atoms with Crippen molar-refractivity contribution in [3.63, 3.8) is 0 Å². The van der Waals surface area contributed by atoms with Gasteiger partial charge in [0.2, 0.25) is 0 Å². The molecule has 0 radical (unpaired) electrons. The van der Waals surface area contributed by atoms with Gasteiger partial charge in [-0.1, -0.05) is 75.3 Å². The maximum absolute atomic E-state index is 5.74. The normalized spacial score (nSPS) is 11.5.